The van der Waals surface area contributed by atoms with E-state index in [9.17, 15) is 0 Å². The molecule has 0 aliphatic carbocycles. The molecule has 0 bridgehead atoms. The normalized spacial score (nSPS) is 10.8. The van der Waals surface area contributed by atoms with Gasteiger partial charge in [0.05, 0.1) is 0 Å². The van der Waals surface area contributed by atoms with E-state index in [1.807, 2.05) is 12.1 Å². The monoisotopic (exact) mass is 353 g/mol. The van der Waals surface area contributed by atoms with E-state index in [2.05, 4.69) is 97.1 Å². The molecule has 26 heavy (non-hydrogen) atoms. The predicted octanol–water partition coefficient (Wildman–Crippen LogP) is 4.69. The molecule has 0 aliphatic heterocycles. The summed E-state index contributed by atoms with van der Waals surface area (Å²) in [4.78, 5) is 0. The summed E-state index contributed by atoms with van der Waals surface area (Å²) in [5, 5.41) is 3.83. The molecule has 4 aromatic rings. The van der Waals surface area contributed by atoms with Gasteiger partial charge < -0.3 is 5.73 Å². The van der Waals surface area contributed by atoms with Gasteiger partial charge in [-0.15, -0.1) is 0 Å². The Kier molecular flexibility index (Phi) is 4.82. The molecular weight excluding hydrogens is 333 g/mol. The number of nitrogens with two attached hydrogens (primary N) is 1. The van der Waals surface area contributed by atoms with Crippen molar-refractivity contribution in [2.75, 3.05) is 5.73 Å². The molecule has 0 fully saturated rings. The third-order valence-electron chi connectivity index (χ3n) is 4.41. The summed E-state index contributed by atoms with van der Waals surface area (Å²) < 4.78 is 0. The van der Waals surface area contributed by atoms with Gasteiger partial charge in [-0.05, 0) is 41.8 Å². The van der Waals surface area contributed by atoms with Gasteiger partial charge in [0.1, 0.15) is 0 Å². The van der Waals surface area contributed by atoms with Crippen LogP contribution in [0.25, 0.3) is 11.1 Å². The molecule has 0 aromatic heterocycles. The second kappa shape index (κ2) is 7.56. The standard InChI is InChI=1S/C24H20NP/c25-23-17-16-20(19-10-4-1-5-11-19)18-24(23)26(21-12-6-2-7-13-21)22-14-8-3-9-15-22/h1-18H,25H2. The highest BCUT2D eigenvalue weighted by Crippen LogP contribution is 2.36. The number of anilines is 1. The molecule has 0 atom stereocenters. The van der Waals surface area contributed by atoms with E-state index >= 15 is 0 Å². The lowest BCUT2D eigenvalue weighted by atomic mass is 10.1. The molecule has 0 unspecified atom stereocenters. The molecule has 0 saturated carbocycles. The van der Waals surface area contributed by atoms with E-state index in [-0.39, 0.29) is 0 Å². The summed E-state index contributed by atoms with van der Waals surface area (Å²) in [6.45, 7) is 0. The van der Waals surface area contributed by atoms with E-state index in [4.69, 9.17) is 5.73 Å². The Morgan fingerprint density at radius 1 is 0.500 bits per heavy atom. The lowest BCUT2D eigenvalue weighted by Gasteiger charge is -2.21. The quantitative estimate of drug-likeness (QED) is 0.418. The maximum Gasteiger partial charge on any atom is 0.0399 e. The second-order valence-electron chi connectivity index (χ2n) is 6.15. The summed E-state index contributed by atoms with van der Waals surface area (Å²) in [5.41, 5.74) is 9.73. The Balaban J connectivity index is 1.89. The zero-order valence-electron chi connectivity index (χ0n) is 14.4. The topological polar surface area (TPSA) is 26.0 Å². The summed E-state index contributed by atoms with van der Waals surface area (Å²) in [6, 6.07) is 38.2. The Hall–Kier alpha value is -2.89. The van der Waals surface area contributed by atoms with Crippen molar-refractivity contribution >= 4 is 29.5 Å². The van der Waals surface area contributed by atoms with Crippen LogP contribution in [0.3, 0.4) is 0 Å². The van der Waals surface area contributed by atoms with Crippen LogP contribution in [0, 0.1) is 0 Å². The molecule has 4 aromatic carbocycles. The van der Waals surface area contributed by atoms with Crippen LogP contribution >= 0.6 is 7.92 Å². The van der Waals surface area contributed by atoms with Crippen LogP contribution in [0.5, 0.6) is 0 Å². The fourth-order valence-electron chi connectivity index (χ4n) is 3.13. The smallest absolute Gasteiger partial charge is 0.0399 e. The highest BCUT2D eigenvalue weighted by atomic mass is 31.1. The van der Waals surface area contributed by atoms with Gasteiger partial charge in [-0.1, -0.05) is 97.1 Å². The molecule has 126 valence electrons. The highest BCUT2D eigenvalue weighted by Gasteiger charge is 2.19. The minimum absolute atomic E-state index is 0.698. The van der Waals surface area contributed by atoms with Crippen LogP contribution in [-0.4, -0.2) is 0 Å². The molecule has 0 heterocycles. The highest BCUT2D eigenvalue weighted by molar-refractivity contribution is 7.80. The fraction of sp³-hybridized carbons (Fsp3) is 0. The first-order chi connectivity index (χ1) is 12.8. The Morgan fingerprint density at radius 2 is 1.00 bits per heavy atom. The first-order valence-corrected chi connectivity index (χ1v) is 10.0. The first kappa shape index (κ1) is 16.6. The first-order valence-electron chi connectivity index (χ1n) is 8.68. The van der Waals surface area contributed by atoms with Crippen LogP contribution in [0.1, 0.15) is 0 Å². The molecule has 0 aliphatic rings. The van der Waals surface area contributed by atoms with Gasteiger partial charge in [-0.2, -0.15) is 0 Å². The number of benzene rings is 4. The van der Waals surface area contributed by atoms with E-state index < -0.39 is 7.92 Å². The van der Waals surface area contributed by atoms with Crippen LogP contribution in [0.2, 0.25) is 0 Å². The molecule has 1 nitrogen and oxygen atoms in total. The maximum absolute atomic E-state index is 6.46. The van der Waals surface area contributed by atoms with E-state index in [0.717, 1.165) is 5.69 Å². The van der Waals surface area contributed by atoms with Crippen LogP contribution in [0.4, 0.5) is 5.69 Å². The number of hydrogen-bond acceptors (Lipinski definition) is 1. The molecule has 0 radical (unpaired) electrons. The van der Waals surface area contributed by atoms with Gasteiger partial charge in [0.25, 0.3) is 0 Å². The van der Waals surface area contributed by atoms with Crippen molar-refractivity contribution in [3.63, 3.8) is 0 Å². The van der Waals surface area contributed by atoms with Crippen LogP contribution in [-0.2, 0) is 0 Å². The van der Waals surface area contributed by atoms with Gasteiger partial charge in [0, 0.05) is 11.0 Å². The van der Waals surface area contributed by atoms with Gasteiger partial charge >= 0.3 is 0 Å². The molecule has 0 spiro atoms. The van der Waals surface area contributed by atoms with Crippen molar-refractivity contribution in [1.82, 2.24) is 0 Å². The van der Waals surface area contributed by atoms with Crippen molar-refractivity contribution in [2.24, 2.45) is 0 Å². The number of nitrogen functional groups attached to an aromatic ring is 1. The predicted molar refractivity (Wildman–Crippen MR) is 115 cm³/mol. The van der Waals surface area contributed by atoms with E-state index in [1.165, 1.54) is 27.0 Å². The van der Waals surface area contributed by atoms with Crippen molar-refractivity contribution in [2.45, 2.75) is 0 Å². The summed E-state index contributed by atoms with van der Waals surface area (Å²) in [5.74, 6) is 0. The zero-order chi connectivity index (χ0) is 17.8. The molecule has 0 amide bonds. The largest absolute Gasteiger partial charge is 0.398 e. The van der Waals surface area contributed by atoms with Gasteiger partial charge in [0.15, 0.2) is 0 Å². The van der Waals surface area contributed by atoms with Gasteiger partial charge in [0.2, 0.25) is 0 Å². The summed E-state index contributed by atoms with van der Waals surface area (Å²) in [6.07, 6.45) is 0. The van der Waals surface area contributed by atoms with Crippen molar-refractivity contribution in [1.29, 1.82) is 0 Å². The molecule has 0 saturated heterocycles. The van der Waals surface area contributed by atoms with Crippen molar-refractivity contribution < 1.29 is 0 Å². The average molecular weight is 353 g/mol. The van der Waals surface area contributed by atoms with Crippen molar-refractivity contribution in [3.8, 4) is 11.1 Å². The third-order valence-corrected chi connectivity index (χ3v) is 6.91. The Bertz CT molecular complexity index is 943. The fourth-order valence-corrected chi connectivity index (χ4v) is 5.52. The van der Waals surface area contributed by atoms with Gasteiger partial charge in [-0.25, -0.2) is 0 Å². The Labute approximate surface area is 155 Å². The zero-order valence-corrected chi connectivity index (χ0v) is 15.3. The molecule has 2 N–H and O–H groups in total. The minimum atomic E-state index is -0.698. The number of rotatable bonds is 4. The number of hydrogen-bond donors (Lipinski definition) is 1. The third kappa shape index (κ3) is 3.40. The van der Waals surface area contributed by atoms with E-state index in [0.29, 0.717) is 0 Å². The van der Waals surface area contributed by atoms with Crippen LogP contribution < -0.4 is 21.6 Å². The van der Waals surface area contributed by atoms with Crippen molar-refractivity contribution in [3.05, 3.63) is 109 Å². The average Bonchev–Trinajstić information content (AvgIpc) is 2.72. The second-order valence-corrected chi connectivity index (χ2v) is 8.33. The molecule has 2 heteroatoms. The molecular formula is C24H20NP. The SMILES string of the molecule is Nc1ccc(-c2ccccc2)cc1P(c1ccccc1)c1ccccc1. The lowest BCUT2D eigenvalue weighted by molar-refractivity contribution is 1.63. The van der Waals surface area contributed by atoms with E-state index in [1.54, 1.807) is 0 Å². The lowest BCUT2D eigenvalue weighted by Crippen LogP contribution is -2.23. The minimum Gasteiger partial charge on any atom is -0.398 e. The maximum atomic E-state index is 6.46. The summed E-state index contributed by atoms with van der Waals surface area (Å²) in [7, 11) is -0.698. The summed E-state index contributed by atoms with van der Waals surface area (Å²) >= 11 is 0. The van der Waals surface area contributed by atoms with Gasteiger partial charge in [-0.3, -0.25) is 0 Å². The molecule has 4 rings (SSSR count). The Morgan fingerprint density at radius 3 is 1.54 bits per heavy atom. The van der Waals surface area contributed by atoms with Crippen LogP contribution in [0.15, 0.2) is 109 Å².